The van der Waals surface area contributed by atoms with Crippen LogP contribution in [-0.2, 0) is 6.54 Å². The molecule has 0 aliphatic heterocycles. The maximum absolute atomic E-state index is 4.04. The first-order valence-corrected chi connectivity index (χ1v) is 5.96. The van der Waals surface area contributed by atoms with Gasteiger partial charge in [0.15, 0.2) is 5.82 Å². The van der Waals surface area contributed by atoms with E-state index in [1.54, 1.807) is 4.68 Å². The Labute approximate surface area is 110 Å². The molecule has 0 bridgehead atoms. The predicted molar refractivity (Wildman–Crippen MR) is 71.8 cm³/mol. The lowest BCUT2D eigenvalue weighted by Crippen LogP contribution is -2.08. The summed E-state index contributed by atoms with van der Waals surface area (Å²) in [5.74, 6) is 0.763. The van der Waals surface area contributed by atoms with Crippen LogP contribution in [0, 0.1) is 6.07 Å². The molecule has 3 rings (SSSR count). The molecule has 1 heterocycles. The Morgan fingerprint density at radius 3 is 2.63 bits per heavy atom. The van der Waals surface area contributed by atoms with Crippen LogP contribution in [0.25, 0.3) is 5.69 Å². The molecule has 0 fully saturated rings. The zero-order chi connectivity index (χ0) is 12.9. The fraction of sp³-hybridized carbons (Fsp3) is 0.0714. The second-order valence-corrected chi connectivity index (χ2v) is 3.98. The normalized spacial score (nSPS) is 10.3. The maximum Gasteiger partial charge on any atom is 0.175 e. The molecule has 0 aliphatic carbocycles. The van der Waals surface area contributed by atoms with Crippen molar-refractivity contribution in [3.05, 3.63) is 66.5 Å². The first kappa shape index (κ1) is 11.4. The van der Waals surface area contributed by atoms with Crippen molar-refractivity contribution in [2.24, 2.45) is 0 Å². The Kier molecular flexibility index (Phi) is 3.18. The number of tetrazole rings is 1. The van der Waals surface area contributed by atoms with Crippen LogP contribution in [0.4, 0.5) is 5.69 Å². The standard InChI is InChI=1S/C14H12N5/c1-3-7-12(8-4-1)15-11-14-16-17-18-19(14)13-9-5-2-6-10-13/h2-10,15H,11H2. The molecule has 0 saturated carbocycles. The minimum Gasteiger partial charge on any atom is -0.378 e. The Morgan fingerprint density at radius 2 is 1.84 bits per heavy atom. The molecule has 0 unspecified atom stereocenters. The van der Waals surface area contributed by atoms with E-state index >= 15 is 0 Å². The molecule has 0 saturated heterocycles. The molecule has 3 aromatic rings. The number of rotatable bonds is 4. The average molecular weight is 250 g/mol. The Morgan fingerprint density at radius 1 is 1.05 bits per heavy atom. The maximum atomic E-state index is 4.04. The van der Waals surface area contributed by atoms with E-state index in [2.05, 4.69) is 26.9 Å². The highest BCUT2D eigenvalue weighted by molar-refractivity contribution is 5.42. The minimum absolute atomic E-state index is 0.561. The summed E-state index contributed by atoms with van der Waals surface area (Å²) in [6.45, 7) is 0.561. The number of hydrogen-bond acceptors (Lipinski definition) is 4. The predicted octanol–water partition coefficient (Wildman–Crippen LogP) is 2.07. The topological polar surface area (TPSA) is 55.6 Å². The highest BCUT2D eigenvalue weighted by Crippen LogP contribution is 2.10. The fourth-order valence-electron chi connectivity index (χ4n) is 1.77. The summed E-state index contributed by atoms with van der Waals surface area (Å²) in [7, 11) is 0. The van der Waals surface area contributed by atoms with E-state index in [4.69, 9.17) is 0 Å². The van der Waals surface area contributed by atoms with E-state index in [0.29, 0.717) is 6.54 Å². The van der Waals surface area contributed by atoms with Crippen LogP contribution in [-0.4, -0.2) is 20.2 Å². The molecule has 93 valence electrons. The molecule has 5 heteroatoms. The summed E-state index contributed by atoms with van der Waals surface area (Å²) < 4.78 is 1.72. The molecule has 5 nitrogen and oxygen atoms in total. The van der Waals surface area contributed by atoms with Gasteiger partial charge < -0.3 is 5.32 Å². The summed E-state index contributed by atoms with van der Waals surface area (Å²) in [4.78, 5) is 0. The van der Waals surface area contributed by atoms with Crippen molar-refractivity contribution in [3.8, 4) is 5.69 Å². The number of benzene rings is 2. The minimum atomic E-state index is 0.561. The second-order valence-electron chi connectivity index (χ2n) is 3.98. The Hall–Kier alpha value is -2.69. The van der Waals surface area contributed by atoms with E-state index in [1.807, 2.05) is 54.6 Å². The summed E-state index contributed by atoms with van der Waals surface area (Å²) in [6, 6.07) is 20.4. The third kappa shape index (κ3) is 2.60. The molecule has 1 radical (unpaired) electrons. The van der Waals surface area contributed by atoms with Crippen LogP contribution in [0.5, 0.6) is 0 Å². The summed E-state index contributed by atoms with van der Waals surface area (Å²) in [5.41, 5.74) is 1.96. The Bertz CT molecular complexity index is 633. The van der Waals surface area contributed by atoms with Gasteiger partial charge in [0.25, 0.3) is 0 Å². The van der Waals surface area contributed by atoms with Gasteiger partial charge in [-0.25, -0.2) is 0 Å². The Balaban J connectivity index is 1.78. The third-order valence-electron chi connectivity index (χ3n) is 2.70. The number of para-hydroxylation sites is 1. The molecule has 0 atom stereocenters. The number of hydrogen-bond donors (Lipinski definition) is 1. The van der Waals surface area contributed by atoms with Gasteiger partial charge in [-0.2, -0.15) is 4.68 Å². The summed E-state index contributed by atoms with van der Waals surface area (Å²) >= 11 is 0. The van der Waals surface area contributed by atoms with Crippen molar-refractivity contribution in [2.75, 3.05) is 5.32 Å². The average Bonchev–Trinajstić information content (AvgIpc) is 2.95. The fourth-order valence-corrected chi connectivity index (χ4v) is 1.77. The van der Waals surface area contributed by atoms with Crippen LogP contribution in [0.1, 0.15) is 5.82 Å². The molecule has 19 heavy (non-hydrogen) atoms. The van der Waals surface area contributed by atoms with Gasteiger partial charge in [-0.05, 0) is 40.8 Å². The zero-order valence-corrected chi connectivity index (χ0v) is 10.2. The van der Waals surface area contributed by atoms with Gasteiger partial charge >= 0.3 is 0 Å². The van der Waals surface area contributed by atoms with Crippen LogP contribution in [0.3, 0.4) is 0 Å². The van der Waals surface area contributed by atoms with Gasteiger partial charge in [-0.3, -0.25) is 0 Å². The van der Waals surface area contributed by atoms with Crippen molar-refractivity contribution < 1.29 is 0 Å². The monoisotopic (exact) mass is 250 g/mol. The lowest BCUT2D eigenvalue weighted by molar-refractivity contribution is 0.768. The van der Waals surface area contributed by atoms with Gasteiger partial charge in [0.05, 0.1) is 12.2 Å². The van der Waals surface area contributed by atoms with Crippen LogP contribution < -0.4 is 5.32 Å². The van der Waals surface area contributed by atoms with E-state index in [1.165, 1.54) is 0 Å². The van der Waals surface area contributed by atoms with Crippen LogP contribution >= 0.6 is 0 Å². The molecule has 0 aliphatic rings. The van der Waals surface area contributed by atoms with Gasteiger partial charge in [-0.15, -0.1) is 5.10 Å². The largest absolute Gasteiger partial charge is 0.378 e. The van der Waals surface area contributed by atoms with Crippen molar-refractivity contribution in [3.63, 3.8) is 0 Å². The van der Waals surface area contributed by atoms with E-state index < -0.39 is 0 Å². The SMILES string of the molecule is [c]1ccc(NCc2nnnn2-c2ccccc2)cc1. The molecule has 2 aromatic carbocycles. The van der Waals surface area contributed by atoms with Gasteiger partial charge in [0.1, 0.15) is 0 Å². The third-order valence-corrected chi connectivity index (χ3v) is 2.70. The lowest BCUT2D eigenvalue weighted by atomic mass is 10.3. The molecular formula is C14H12N5. The molecule has 0 spiro atoms. The highest BCUT2D eigenvalue weighted by atomic mass is 15.5. The first-order chi connectivity index (χ1) is 9.43. The summed E-state index contributed by atoms with van der Waals surface area (Å²) in [5, 5.41) is 15.0. The number of anilines is 1. The van der Waals surface area contributed by atoms with E-state index in [0.717, 1.165) is 17.2 Å². The quantitative estimate of drug-likeness (QED) is 0.770. The number of nitrogens with one attached hydrogen (secondary N) is 1. The van der Waals surface area contributed by atoms with Gasteiger partial charge in [-0.1, -0.05) is 30.3 Å². The molecule has 1 aromatic heterocycles. The first-order valence-electron chi connectivity index (χ1n) is 5.96. The highest BCUT2D eigenvalue weighted by Gasteiger charge is 2.07. The van der Waals surface area contributed by atoms with Gasteiger partial charge in [0, 0.05) is 5.69 Å². The number of aromatic nitrogens is 4. The second kappa shape index (κ2) is 5.30. The van der Waals surface area contributed by atoms with E-state index in [9.17, 15) is 0 Å². The van der Waals surface area contributed by atoms with Crippen LogP contribution in [0.15, 0.2) is 54.6 Å². The molecule has 1 N–H and O–H groups in total. The van der Waals surface area contributed by atoms with Crippen LogP contribution in [0.2, 0.25) is 0 Å². The molecule has 0 amide bonds. The van der Waals surface area contributed by atoms with Crippen molar-refractivity contribution in [1.29, 1.82) is 0 Å². The van der Waals surface area contributed by atoms with Crippen molar-refractivity contribution >= 4 is 5.69 Å². The smallest absolute Gasteiger partial charge is 0.175 e. The van der Waals surface area contributed by atoms with Crippen molar-refractivity contribution in [2.45, 2.75) is 6.54 Å². The van der Waals surface area contributed by atoms with E-state index in [-0.39, 0.29) is 0 Å². The zero-order valence-electron chi connectivity index (χ0n) is 10.2. The lowest BCUT2D eigenvalue weighted by Gasteiger charge is -2.06. The summed E-state index contributed by atoms with van der Waals surface area (Å²) in [6.07, 6.45) is 0. The molecular weight excluding hydrogens is 238 g/mol. The van der Waals surface area contributed by atoms with Crippen molar-refractivity contribution in [1.82, 2.24) is 20.2 Å². The number of nitrogens with zero attached hydrogens (tertiary/aromatic N) is 4. The van der Waals surface area contributed by atoms with Gasteiger partial charge in [0.2, 0.25) is 0 Å².